The molecule has 0 atom stereocenters. The lowest BCUT2D eigenvalue weighted by molar-refractivity contribution is 0.0718. The fraction of sp³-hybridized carbons (Fsp3) is 0.500. The standard InChI is InChI=1S/C18H19NO2/c20-18(21-16-4-2-1-3-5-16)19-11-17-14-7-12-6-13(9-14)10-15(17)8-12/h1-5,12-15H,6-10H2. The lowest BCUT2D eigenvalue weighted by Crippen LogP contribution is -2.40. The fourth-order valence-corrected chi connectivity index (χ4v) is 4.60. The summed E-state index contributed by atoms with van der Waals surface area (Å²) in [4.78, 5) is 15.7. The molecule has 1 aromatic carbocycles. The normalized spacial score (nSPS) is 32.7. The summed E-state index contributed by atoms with van der Waals surface area (Å²) in [6.07, 6.45) is 5.96. The van der Waals surface area contributed by atoms with Gasteiger partial charge in [0.15, 0.2) is 0 Å². The van der Waals surface area contributed by atoms with Crippen molar-refractivity contribution in [3.63, 3.8) is 0 Å². The molecule has 1 amide bonds. The molecular formula is C18H19NO2. The number of hydrogen-bond acceptors (Lipinski definition) is 2. The van der Waals surface area contributed by atoms with Crippen LogP contribution in [-0.2, 0) is 0 Å². The third-order valence-corrected chi connectivity index (χ3v) is 5.24. The van der Waals surface area contributed by atoms with Gasteiger partial charge in [-0.2, -0.15) is 0 Å². The molecule has 3 heteroatoms. The molecule has 0 N–H and O–H groups in total. The third kappa shape index (κ3) is 2.54. The summed E-state index contributed by atoms with van der Waals surface area (Å²) in [7, 11) is 0. The Hall–Kier alpha value is -1.86. The van der Waals surface area contributed by atoms with Gasteiger partial charge >= 0.3 is 6.09 Å². The number of para-hydroxylation sites is 1. The maximum Gasteiger partial charge on any atom is 0.447 e. The molecule has 0 spiro atoms. The highest BCUT2D eigenvalue weighted by Gasteiger charge is 2.45. The quantitative estimate of drug-likeness (QED) is 0.722. The number of hydrogen-bond donors (Lipinski definition) is 0. The van der Waals surface area contributed by atoms with Gasteiger partial charge in [0.05, 0.1) is 0 Å². The van der Waals surface area contributed by atoms with Crippen LogP contribution in [0.3, 0.4) is 0 Å². The minimum Gasteiger partial charge on any atom is -0.408 e. The van der Waals surface area contributed by atoms with E-state index in [1.165, 1.54) is 37.7 Å². The average molecular weight is 281 g/mol. The Morgan fingerprint density at radius 3 is 2.24 bits per heavy atom. The van der Waals surface area contributed by atoms with Gasteiger partial charge < -0.3 is 4.74 Å². The monoisotopic (exact) mass is 281 g/mol. The van der Waals surface area contributed by atoms with Gasteiger partial charge in [0, 0.05) is 0 Å². The summed E-state index contributed by atoms with van der Waals surface area (Å²) < 4.78 is 5.18. The van der Waals surface area contributed by atoms with E-state index in [1.807, 2.05) is 18.2 Å². The number of carbonyl (C=O) groups excluding carboxylic acids is 1. The zero-order valence-corrected chi connectivity index (χ0v) is 12.0. The van der Waals surface area contributed by atoms with E-state index in [2.05, 4.69) is 10.9 Å². The van der Waals surface area contributed by atoms with E-state index in [1.54, 1.807) is 12.1 Å². The van der Waals surface area contributed by atoms with Gasteiger partial charge in [-0.25, -0.2) is 4.79 Å². The van der Waals surface area contributed by atoms with Crippen molar-refractivity contribution in [3.05, 3.63) is 35.9 Å². The summed E-state index contributed by atoms with van der Waals surface area (Å²) >= 11 is 0. The molecule has 0 unspecified atom stereocenters. The van der Waals surface area contributed by atoms with Crippen molar-refractivity contribution in [1.82, 2.24) is 0 Å². The van der Waals surface area contributed by atoms with Gasteiger partial charge in [-0.15, -0.1) is 4.99 Å². The largest absolute Gasteiger partial charge is 0.447 e. The van der Waals surface area contributed by atoms with Crippen LogP contribution in [0.1, 0.15) is 32.1 Å². The predicted octanol–water partition coefficient (Wildman–Crippen LogP) is 4.24. The first kappa shape index (κ1) is 12.8. The second-order valence-corrected chi connectivity index (χ2v) is 6.66. The number of nitrogens with zero attached hydrogens (tertiary/aromatic N) is 1. The van der Waals surface area contributed by atoms with Crippen LogP contribution in [0.2, 0.25) is 0 Å². The molecule has 0 heterocycles. The fourth-order valence-electron chi connectivity index (χ4n) is 4.60. The highest BCUT2D eigenvalue weighted by Crippen LogP contribution is 2.55. The minimum atomic E-state index is -0.567. The van der Waals surface area contributed by atoms with Crippen molar-refractivity contribution in [2.45, 2.75) is 32.1 Å². The smallest absolute Gasteiger partial charge is 0.408 e. The van der Waals surface area contributed by atoms with Crippen LogP contribution in [0.4, 0.5) is 4.79 Å². The number of benzene rings is 1. The summed E-state index contributed by atoms with van der Waals surface area (Å²) in [5.41, 5.74) is 1.28. The van der Waals surface area contributed by atoms with Crippen molar-refractivity contribution >= 4 is 12.0 Å². The molecule has 4 saturated carbocycles. The topological polar surface area (TPSA) is 38.7 Å². The minimum absolute atomic E-state index is 0.531. The first-order chi connectivity index (χ1) is 10.3. The number of ether oxygens (including phenoxy) is 1. The van der Waals surface area contributed by atoms with Crippen molar-refractivity contribution < 1.29 is 9.53 Å². The van der Waals surface area contributed by atoms with Gasteiger partial charge in [-0.1, -0.05) is 18.2 Å². The molecule has 0 radical (unpaired) electrons. The van der Waals surface area contributed by atoms with E-state index < -0.39 is 6.09 Å². The van der Waals surface area contributed by atoms with Crippen molar-refractivity contribution in [2.75, 3.05) is 0 Å². The molecule has 21 heavy (non-hydrogen) atoms. The molecule has 1 aromatic rings. The van der Waals surface area contributed by atoms with E-state index in [-0.39, 0.29) is 0 Å². The Bertz CT molecular complexity index is 583. The van der Waals surface area contributed by atoms with E-state index in [4.69, 9.17) is 4.74 Å². The first-order valence-corrected chi connectivity index (χ1v) is 7.88. The summed E-state index contributed by atoms with van der Waals surface area (Å²) in [6.45, 7) is 0. The van der Waals surface area contributed by atoms with Crippen LogP contribution in [0.5, 0.6) is 5.75 Å². The Morgan fingerprint density at radius 1 is 1.00 bits per heavy atom. The maximum absolute atomic E-state index is 11.8. The Kier molecular flexibility index (Phi) is 3.16. The maximum atomic E-state index is 11.8. The highest BCUT2D eigenvalue weighted by atomic mass is 16.5. The third-order valence-electron chi connectivity index (χ3n) is 5.24. The number of amides is 1. The number of allylic oxidation sites excluding steroid dienone is 1. The van der Waals surface area contributed by atoms with Gasteiger partial charge in [-0.3, -0.25) is 0 Å². The molecular weight excluding hydrogens is 262 g/mol. The van der Waals surface area contributed by atoms with Crippen molar-refractivity contribution in [1.29, 1.82) is 0 Å². The molecule has 108 valence electrons. The van der Waals surface area contributed by atoms with E-state index in [0.29, 0.717) is 17.6 Å². The van der Waals surface area contributed by atoms with Crippen LogP contribution in [-0.4, -0.2) is 12.0 Å². The number of carbonyl (C=O) groups is 1. The van der Waals surface area contributed by atoms with Crippen molar-refractivity contribution in [3.8, 4) is 5.75 Å². The molecule has 4 bridgehead atoms. The van der Waals surface area contributed by atoms with Gasteiger partial charge in [0.2, 0.25) is 0 Å². The van der Waals surface area contributed by atoms with Crippen LogP contribution >= 0.6 is 0 Å². The average Bonchev–Trinajstić information content (AvgIpc) is 2.47. The molecule has 0 aliphatic heterocycles. The predicted molar refractivity (Wildman–Crippen MR) is 80.5 cm³/mol. The summed E-state index contributed by atoms with van der Waals surface area (Å²) in [6, 6.07) is 9.06. The number of aliphatic imine (C=N–C) groups is 1. The van der Waals surface area contributed by atoms with Crippen LogP contribution in [0, 0.1) is 23.7 Å². The van der Waals surface area contributed by atoms with Crippen molar-refractivity contribution in [2.24, 2.45) is 28.7 Å². The van der Waals surface area contributed by atoms with E-state index in [9.17, 15) is 4.79 Å². The Balaban J connectivity index is 1.50. The zero-order chi connectivity index (χ0) is 14.2. The molecule has 3 nitrogen and oxygen atoms in total. The van der Waals surface area contributed by atoms with Gasteiger partial charge in [-0.05, 0) is 79.4 Å². The van der Waals surface area contributed by atoms with Crippen LogP contribution in [0.25, 0.3) is 0 Å². The second-order valence-electron chi connectivity index (χ2n) is 6.66. The summed E-state index contributed by atoms with van der Waals surface area (Å²) in [5.74, 6) is 6.65. The Labute approximate surface area is 124 Å². The number of rotatable bonds is 1. The van der Waals surface area contributed by atoms with E-state index >= 15 is 0 Å². The highest BCUT2D eigenvalue weighted by molar-refractivity contribution is 5.80. The molecule has 5 rings (SSSR count). The lowest BCUT2D eigenvalue weighted by Gasteiger charge is -2.50. The summed E-state index contributed by atoms with van der Waals surface area (Å²) in [5, 5.41) is 0. The lowest BCUT2D eigenvalue weighted by atomic mass is 9.54. The molecule has 4 aliphatic carbocycles. The molecule has 4 aliphatic rings. The first-order valence-electron chi connectivity index (χ1n) is 7.88. The van der Waals surface area contributed by atoms with Crippen LogP contribution < -0.4 is 4.74 Å². The van der Waals surface area contributed by atoms with Gasteiger partial charge in [0.25, 0.3) is 0 Å². The molecule has 0 saturated heterocycles. The Morgan fingerprint density at radius 2 is 1.62 bits per heavy atom. The zero-order valence-electron chi connectivity index (χ0n) is 12.0. The molecule has 0 aromatic heterocycles. The van der Waals surface area contributed by atoms with E-state index in [0.717, 1.165) is 11.8 Å². The SMILES string of the molecule is O=C(N=C=C1C2CC3CC(C2)CC1C3)Oc1ccccc1. The molecule has 4 fully saturated rings. The second kappa shape index (κ2) is 5.16. The van der Waals surface area contributed by atoms with Gasteiger partial charge in [0.1, 0.15) is 5.75 Å². The van der Waals surface area contributed by atoms with Crippen LogP contribution in [0.15, 0.2) is 40.9 Å².